The van der Waals surface area contributed by atoms with Gasteiger partial charge in [0.05, 0.1) is 0 Å². The van der Waals surface area contributed by atoms with Crippen LogP contribution in [0.2, 0.25) is 0 Å². The van der Waals surface area contributed by atoms with Gasteiger partial charge in [0.15, 0.2) is 0 Å². The summed E-state index contributed by atoms with van der Waals surface area (Å²) in [6, 6.07) is 0. The first-order valence-electron chi connectivity index (χ1n) is 4.14. The SMILES string of the molecule is CC=C1CC2CC1C=C2C. The van der Waals surface area contributed by atoms with E-state index in [9.17, 15) is 0 Å². The lowest BCUT2D eigenvalue weighted by atomic mass is 9.96. The highest BCUT2D eigenvalue weighted by Crippen LogP contribution is 2.46. The standard InChI is InChI=1S/C10H14/c1-3-8-5-9-6-10(8)4-7(9)2/h3-4,9-10H,5-6H2,1-2H3. The molecule has 10 heavy (non-hydrogen) atoms. The Balaban J connectivity index is 2.30. The van der Waals surface area contributed by atoms with E-state index < -0.39 is 0 Å². The molecule has 0 spiro atoms. The van der Waals surface area contributed by atoms with Crippen molar-refractivity contribution in [2.75, 3.05) is 0 Å². The smallest absolute Gasteiger partial charge is 0.00147 e. The molecule has 0 aromatic heterocycles. The first kappa shape index (κ1) is 6.21. The van der Waals surface area contributed by atoms with Gasteiger partial charge in [0.2, 0.25) is 0 Å². The van der Waals surface area contributed by atoms with Crippen molar-refractivity contribution in [1.29, 1.82) is 0 Å². The van der Waals surface area contributed by atoms with Gasteiger partial charge in [0.1, 0.15) is 0 Å². The van der Waals surface area contributed by atoms with Crippen LogP contribution in [0.1, 0.15) is 26.7 Å². The lowest BCUT2D eigenvalue weighted by Gasteiger charge is -2.10. The number of allylic oxidation sites excluding steroid dienone is 4. The van der Waals surface area contributed by atoms with Crippen molar-refractivity contribution in [3.8, 4) is 0 Å². The lowest BCUT2D eigenvalue weighted by molar-refractivity contribution is 0.663. The Labute approximate surface area is 62.6 Å². The lowest BCUT2D eigenvalue weighted by Crippen LogP contribution is -1.95. The molecular formula is C10H14. The van der Waals surface area contributed by atoms with Crippen molar-refractivity contribution in [3.63, 3.8) is 0 Å². The van der Waals surface area contributed by atoms with Crippen LogP contribution in [0, 0.1) is 11.8 Å². The molecular weight excluding hydrogens is 120 g/mol. The average Bonchev–Trinajstić information content (AvgIpc) is 2.44. The van der Waals surface area contributed by atoms with Crippen molar-refractivity contribution in [1.82, 2.24) is 0 Å². The minimum atomic E-state index is 0.829. The van der Waals surface area contributed by atoms with Gasteiger partial charge in [-0.2, -0.15) is 0 Å². The molecule has 2 rings (SSSR count). The van der Waals surface area contributed by atoms with Crippen LogP contribution >= 0.6 is 0 Å². The highest BCUT2D eigenvalue weighted by molar-refractivity contribution is 5.31. The molecule has 2 unspecified atom stereocenters. The molecule has 0 heteroatoms. The Morgan fingerprint density at radius 3 is 2.80 bits per heavy atom. The minimum Gasteiger partial charge on any atom is -0.0878 e. The molecule has 2 aliphatic rings. The highest BCUT2D eigenvalue weighted by atomic mass is 14.4. The third-order valence-electron chi connectivity index (χ3n) is 2.98. The monoisotopic (exact) mass is 134 g/mol. The first-order chi connectivity index (χ1) is 4.81. The normalized spacial score (nSPS) is 41.0. The van der Waals surface area contributed by atoms with Crippen LogP contribution in [0.15, 0.2) is 23.3 Å². The first-order valence-corrected chi connectivity index (χ1v) is 4.14. The molecule has 2 bridgehead atoms. The zero-order valence-corrected chi connectivity index (χ0v) is 6.72. The summed E-state index contributed by atoms with van der Waals surface area (Å²) in [5, 5.41) is 0. The van der Waals surface area contributed by atoms with Crippen molar-refractivity contribution >= 4 is 0 Å². The molecule has 1 saturated carbocycles. The molecule has 0 saturated heterocycles. The van der Waals surface area contributed by atoms with E-state index in [1.165, 1.54) is 12.8 Å². The summed E-state index contributed by atoms with van der Waals surface area (Å²) >= 11 is 0. The maximum absolute atomic E-state index is 2.45. The zero-order chi connectivity index (χ0) is 7.14. The van der Waals surface area contributed by atoms with Gasteiger partial charge in [-0.3, -0.25) is 0 Å². The summed E-state index contributed by atoms with van der Waals surface area (Å²) in [5.41, 5.74) is 3.31. The van der Waals surface area contributed by atoms with E-state index in [1.54, 1.807) is 11.1 Å². The van der Waals surface area contributed by atoms with E-state index in [4.69, 9.17) is 0 Å². The molecule has 0 aromatic rings. The second-order valence-electron chi connectivity index (χ2n) is 3.52. The molecule has 2 atom stereocenters. The van der Waals surface area contributed by atoms with Gasteiger partial charge in [-0.05, 0) is 38.5 Å². The van der Waals surface area contributed by atoms with Crippen LogP contribution in [-0.2, 0) is 0 Å². The van der Waals surface area contributed by atoms with E-state index in [-0.39, 0.29) is 0 Å². The Hall–Kier alpha value is -0.520. The molecule has 0 radical (unpaired) electrons. The second kappa shape index (κ2) is 1.98. The topological polar surface area (TPSA) is 0 Å². The third-order valence-corrected chi connectivity index (χ3v) is 2.98. The van der Waals surface area contributed by atoms with E-state index in [0.29, 0.717) is 0 Å². The van der Waals surface area contributed by atoms with Crippen molar-refractivity contribution in [2.24, 2.45) is 11.8 Å². The maximum atomic E-state index is 2.45. The van der Waals surface area contributed by atoms with Crippen molar-refractivity contribution in [2.45, 2.75) is 26.7 Å². The Bertz CT molecular complexity index is 208. The quantitative estimate of drug-likeness (QED) is 0.447. The van der Waals surface area contributed by atoms with Gasteiger partial charge in [0, 0.05) is 0 Å². The van der Waals surface area contributed by atoms with Gasteiger partial charge in [0.25, 0.3) is 0 Å². The molecule has 0 nitrogen and oxygen atoms in total. The molecule has 54 valence electrons. The summed E-state index contributed by atoms with van der Waals surface area (Å²) in [4.78, 5) is 0. The third kappa shape index (κ3) is 0.681. The summed E-state index contributed by atoms with van der Waals surface area (Å²) in [7, 11) is 0. The summed E-state index contributed by atoms with van der Waals surface area (Å²) < 4.78 is 0. The molecule has 1 fully saturated rings. The van der Waals surface area contributed by atoms with Crippen molar-refractivity contribution < 1.29 is 0 Å². The van der Waals surface area contributed by atoms with Crippen molar-refractivity contribution in [3.05, 3.63) is 23.3 Å². The van der Waals surface area contributed by atoms with Crippen LogP contribution in [0.5, 0.6) is 0 Å². The average molecular weight is 134 g/mol. The predicted molar refractivity (Wildman–Crippen MR) is 43.7 cm³/mol. The van der Waals surface area contributed by atoms with Gasteiger partial charge in [-0.25, -0.2) is 0 Å². The second-order valence-corrected chi connectivity index (χ2v) is 3.52. The van der Waals surface area contributed by atoms with Gasteiger partial charge >= 0.3 is 0 Å². The summed E-state index contributed by atoms with van der Waals surface area (Å²) in [5.74, 6) is 1.74. The van der Waals surface area contributed by atoms with Gasteiger partial charge in [-0.15, -0.1) is 0 Å². The van der Waals surface area contributed by atoms with Crippen LogP contribution < -0.4 is 0 Å². The minimum absolute atomic E-state index is 0.829. The molecule has 0 aliphatic heterocycles. The van der Waals surface area contributed by atoms with Gasteiger partial charge in [-0.1, -0.05) is 23.3 Å². The van der Waals surface area contributed by atoms with E-state index in [2.05, 4.69) is 26.0 Å². The Morgan fingerprint density at radius 2 is 2.40 bits per heavy atom. The number of hydrogen-bond donors (Lipinski definition) is 0. The van der Waals surface area contributed by atoms with Crippen LogP contribution in [-0.4, -0.2) is 0 Å². The van der Waals surface area contributed by atoms with Gasteiger partial charge < -0.3 is 0 Å². The Kier molecular flexibility index (Phi) is 1.23. The fourth-order valence-corrected chi connectivity index (χ4v) is 2.28. The zero-order valence-electron chi connectivity index (χ0n) is 6.72. The molecule has 2 aliphatic carbocycles. The molecule has 0 aromatic carbocycles. The molecule has 0 heterocycles. The van der Waals surface area contributed by atoms with E-state index in [1.807, 2.05) is 0 Å². The van der Waals surface area contributed by atoms with Crippen LogP contribution in [0.25, 0.3) is 0 Å². The maximum Gasteiger partial charge on any atom is -0.00147 e. The fraction of sp³-hybridized carbons (Fsp3) is 0.600. The predicted octanol–water partition coefficient (Wildman–Crippen LogP) is 2.92. The number of rotatable bonds is 0. The van der Waals surface area contributed by atoms with E-state index in [0.717, 1.165) is 11.8 Å². The summed E-state index contributed by atoms with van der Waals surface area (Å²) in [6.07, 6.45) is 7.51. The molecule has 0 amide bonds. The number of fused-ring (bicyclic) bond motifs is 2. The van der Waals surface area contributed by atoms with Crippen LogP contribution in [0.3, 0.4) is 0 Å². The fourth-order valence-electron chi connectivity index (χ4n) is 2.28. The largest absolute Gasteiger partial charge is 0.0878 e. The van der Waals surface area contributed by atoms with E-state index >= 15 is 0 Å². The Morgan fingerprint density at radius 1 is 1.60 bits per heavy atom. The highest BCUT2D eigenvalue weighted by Gasteiger charge is 2.33. The molecule has 0 N–H and O–H groups in total. The number of hydrogen-bond acceptors (Lipinski definition) is 0. The summed E-state index contributed by atoms with van der Waals surface area (Å²) in [6.45, 7) is 4.44. The van der Waals surface area contributed by atoms with Crippen LogP contribution in [0.4, 0.5) is 0 Å².